The number of aromatic nitrogens is 4. The summed E-state index contributed by atoms with van der Waals surface area (Å²) >= 11 is 0. The van der Waals surface area contributed by atoms with E-state index in [2.05, 4.69) is 96.6 Å². The van der Waals surface area contributed by atoms with Gasteiger partial charge in [-0.25, -0.2) is 4.79 Å². The van der Waals surface area contributed by atoms with Gasteiger partial charge in [0.05, 0.1) is 97.2 Å². The Labute approximate surface area is 505 Å². The number of H-pyrrole nitrogens is 4. The minimum absolute atomic E-state index is 0.309. The van der Waals surface area contributed by atoms with Gasteiger partial charge in [0.2, 0.25) is 0 Å². The Bertz CT molecular complexity index is 3110. The minimum atomic E-state index is -5.17. The average Bonchev–Trinajstić information content (AvgIpc) is 3.05. The molecule has 0 aliphatic heterocycles. The Morgan fingerprint density at radius 1 is 0.388 bits per heavy atom. The summed E-state index contributed by atoms with van der Waals surface area (Å²) in [5.41, 5.74) is 5.92. The number of aromatic amines is 4. The predicted octanol–water partition coefficient (Wildman–Crippen LogP) is 16.4. The van der Waals surface area contributed by atoms with E-state index in [4.69, 9.17) is 17.5 Å². The molecule has 0 spiro atoms. The van der Waals surface area contributed by atoms with Crippen molar-refractivity contribution in [2.75, 3.05) is 73.6 Å². The molecule has 17 nitrogen and oxygen atoms in total. The lowest BCUT2D eigenvalue weighted by atomic mass is 10.1. The molecule has 0 unspecified atom stereocenters. The van der Waals surface area contributed by atoms with E-state index in [1.165, 1.54) is 164 Å². The Balaban J connectivity index is 0.000000279. The van der Waals surface area contributed by atoms with E-state index in [9.17, 15) is 14.4 Å². The van der Waals surface area contributed by atoms with Gasteiger partial charge in [-0.2, -0.15) is 0 Å². The van der Waals surface area contributed by atoms with E-state index in [1.54, 1.807) is 36.4 Å². The Kier molecular flexibility index (Phi) is 28.7. The summed E-state index contributed by atoms with van der Waals surface area (Å²) in [6, 6.07) is 29.1. The van der Waals surface area contributed by atoms with Crippen molar-refractivity contribution in [3.8, 4) is 0 Å². The van der Waals surface area contributed by atoms with Gasteiger partial charge in [-0.3, -0.25) is 18.0 Å². The maximum atomic E-state index is 13.2. The van der Waals surface area contributed by atoms with Crippen LogP contribution in [-0.4, -0.2) is 117 Å². The third-order valence-electron chi connectivity index (χ3n) is 15.9. The fourth-order valence-electron chi connectivity index (χ4n) is 11.1. The van der Waals surface area contributed by atoms with Crippen LogP contribution in [0.3, 0.4) is 0 Å². The molecule has 464 valence electrons. The first kappa shape index (κ1) is 68.8. The second-order valence-corrected chi connectivity index (χ2v) is 23.4. The maximum Gasteiger partial charge on any atom is 0.323 e. The van der Waals surface area contributed by atoms with E-state index < -0.39 is 16.4 Å². The molecule has 18 heteroatoms. The number of quaternary nitrogens is 2. The van der Waals surface area contributed by atoms with Crippen LogP contribution in [0.5, 0.6) is 0 Å². The Hall–Kier alpha value is -6.96. The third-order valence-corrected chi connectivity index (χ3v) is 15.9. The van der Waals surface area contributed by atoms with Crippen LogP contribution in [0, 0.1) is 0 Å². The average molecular weight is 1190 g/mol. The molecule has 0 radical (unpaired) electrons. The van der Waals surface area contributed by atoms with E-state index in [1.807, 2.05) is 73.1 Å². The van der Waals surface area contributed by atoms with Crippen molar-refractivity contribution in [3.05, 3.63) is 121 Å². The molecule has 0 fully saturated rings. The zero-order chi connectivity index (χ0) is 61.7. The summed E-state index contributed by atoms with van der Waals surface area (Å²) in [4.78, 5) is 52.1. The highest BCUT2D eigenvalue weighted by atomic mass is 32.3. The van der Waals surface area contributed by atoms with Gasteiger partial charge in [0.25, 0.3) is 11.8 Å². The zero-order valence-electron chi connectivity index (χ0n) is 52.0. The Morgan fingerprint density at radius 3 is 0.918 bits per heavy atom. The van der Waals surface area contributed by atoms with Crippen LogP contribution in [0.25, 0.3) is 43.6 Å². The van der Waals surface area contributed by atoms with Crippen molar-refractivity contribution in [2.45, 2.75) is 158 Å². The largest absolute Gasteiger partial charge is 0.759 e. The first-order chi connectivity index (χ1) is 41.0. The molecule has 4 aromatic heterocycles. The number of hydrogen-bond donors (Lipinski definition) is 8. The first-order valence-corrected chi connectivity index (χ1v) is 32.8. The number of nitrogens with zero attached hydrogens (tertiary/aromatic N) is 2. The number of amides is 4. The monoisotopic (exact) mass is 1190 g/mol. The standard InChI is InChI=1S/C35H26N8O3.2C16H36N.H2O4S/c44-33(40-23-9-1-5-19-13-15-36-29(19)23)27-17-21-7-3-11-25(31(21)38-27)42-35(46)43-26-12-4-8-22-18-28(39-32(22)26)34(45)41-24-10-2-6-20-14-16-37-30(20)24;2*1-5-9-13-17(14-10-6-2,15-11-7-3)16-12-8-4;1-5(2,3)4/h1-18,36-39H,(H,40,44)(H,41,45)(H2,42,43,46);2*5-16H2,1-4H3;(H2,1,2,3,4)/q;2*+1;/p-2. The number of urea groups is 1. The number of unbranched alkanes of at least 4 members (excludes halogenated alkanes) is 8. The lowest BCUT2D eigenvalue weighted by molar-refractivity contribution is -0.929. The fourth-order valence-corrected chi connectivity index (χ4v) is 11.1. The molecule has 0 saturated carbocycles. The molecule has 85 heavy (non-hydrogen) atoms. The van der Waals surface area contributed by atoms with Crippen LogP contribution in [0.15, 0.2) is 109 Å². The number of carbonyl (C=O) groups is 3. The fraction of sp³-hybridized carbons (Fsp3) is 0.478. The molecule has 8 rings (SSSR count). The summed E-state index contributed by atoms with van der Waals surface area (Å²) in [5, 5.41) is 15.2. The van der Waals surface area contributed by atoms with Gasteiger partial charge < -0.3 is 59.3 Å². The quantitative estimate of drug-likeness (QED) is 0.0123. The second kappa shape index (κ2) is 35.5. The van der Waals surface area contributed by atoms with Crippen molar-refractivity contribution >= 4 is 94.6 Å². The molecule has 4 amide bonds. The highest BCUT2D eigenvalue weighted by molar-refractivity contribution is 7.79. The minimum Gasteiger partial charge on any atom is -0.759 e. The normalized spacial score (nSPS) is 11.6. The highest BCUT2D eigenvalue weighted by Crippen LogP contribution is 2.29. The van der Waals surface area contributed by atoms with Gasteiger partial charge in [-0.1, -0.05) is 155 Å². The molecule has 8 N–H and O–H groups in total. The van der Waals surface area contributed by atoms with Crippen molar-refractivity contribution in [3.63, 3.8) is 0 Å². The zero-order valence-corrected chi connectivity index (χ0v) is 52.8. The van der Waals surface area contributed by atoms with E-state index in [0.717, 1.165) is 32.6 Å². The van der Waals surface area contributed by atoms with Gasteiger partial charge in [-0.05, 0) is 99.9 Å². The number of rotatable bonds is 30. The van der Waals surface area contributed by atoms with E-state index in [0.29, 0.717) is 45.2 Å². The number of carbonyl (C=O) groups excluding carboxylic acids is 3. The molecule has 8 aromatic rings. The van der Waals surface area contributed by atoms with Crippen molar-refractivity contribution in [1.82, 2.24) is 19.9 Å². The third kappa shape index (κ3) is 21.8. The van der Waals surface area contributed by atoms with E-state index >= 15 is 0 Å². The number of hydrogen-bond acceptors (Lipinski definition) is 7. The summed E-state index contributed by atoms with van der Waals surface area (Å²) in [5.74, 6) is -0.618. The van der Waals surface area contributed by atoms with Gasteiger partial charge in [0.1, 0.15) is 11.4 Å². The summed E-state index contributed by atoms with van der Waals surface area (Å²) in [6.45, 7) is 30.0. The number of benzene rings is 4. The van der Waals surface area contributed by atoms with Crippen LogP contribution < -0.4 is 21.3 Å². The van der Waals surface area contributed by atoms with Crippen molar-refractivity contribution in [2.24, 2.45) is 0 Å². The topological polar surface area (TPSA) is 243 Å². The predicted molar refractivity (Wildman–Crippen MR) is 351 cm³/mol. The molecule has 0 bridgehead atoms. The molecular formula is C67H98N10O7S. The van der Waals surface area contributed by atoms with Crippen LogP contribution >= 0.6 is 0 Å². The Morgan fingerprint density at radius 2 is 0.647 bits per heavy atom. The number of anilines is 4. The molecular weight excluding hydrogens is 1090 g/mol. The first-order valence-electron chi connectivity index (χ1n) is 31.4. The summed E-state index contributed by atoms with van der Waals surface area (Å²) in [7, 11) is -5.17. The summed E-state index contributed by atoms with van der Waals surface area (Å²) < 4.78 is 36.9. The van der Waals surface area contributed by atoms with Crippen LogP contribution in [0.4, 0.5) is 27.5 Å². The van der Waals surface area contributed by atoms with Gasteiger partial charge >= 0.3 is 6.03 Å². The van der Waals surface area contributed by atoms with Crippen molar-refractivity contribution < 1.29 is 40.9 Å². The van der Waals surface area contributed by atoms with Crippen molar-refractivity contribution in [1.29, 1.82) is 0 Å². The molecule has 0 aliphatic rings. The number of para-hydroxylation sites is 4. The van der Waals surface area contributed by atoms with Gasteiger partial charge in [0.15, 0.2) is 0 Å². The van der Waals surface area contributed by atoms with Crippen LogP contribution in [0.1, 0.15) is 179 Å². The maximum absolute atomic E-state index is 13.2. The molecule has 4 aromatic carbocycles. The highest BCUT2D eigenvalue weighted by Gasteiger charge is 2.26. The van der Waals surface area contributed by atoms with Gasteiger partial charge in [0, 0.05) is 44.3 Å². The molecule has 0 aliphatic carbocycles. The SMILES string of the molecule is CCCC[N+](CCCC)(CCCC)CCCC.CCCC[N+](CCCC)(CCCC)CCCC.O=C(Nc1cccc2cc(C(=O)Nc3cccc4cc[nH]c34)[nH]c12)Nc1cccc2cc(C(=O)Nc3cccc4cc[nH]c34)[nH]c12.O=S(=O)([O-])[O-]. The molecule has 4 heterocycles. The van der Waals surface area contributed by atoms with E-state index in [-0.39, 0.29) is 11.8 Å². The second-order valence-electron chi connectivity index (χ2n) is 22.6. The van der Waals surface area contributed by atoms with Crippen LogP contribution in [0.2, 0.25) is 0 Å². The number of fused-ring (bicyclic) bond motifs is 4. The lowest BCUT2D eigenvalue weighted by Gasteiger charge is -2.39. The smallest absolute Gasteiger partial charge is 0.323 e. The van der Waals surface area contributed by atoms with Gasteiger partial charge in [-0.15, -0.1) is 0 Å². The van der Waals surface area contributed by atoms with Crippen LogP contribution in [-0.2, 0) is 10.4 Å². The molecule has 0 saturated heterocycles. The lowest BCUT2D eigenvalue weighted by Crippen LogP contribution is -2.50. The molecule has 0 atom stereocenters. The number of nitrogens with one attached hydrogen (secondary N) is 8. The summed E-state index contributed by atoms with van der Waals surface area (Å²) in [6.07, 6.45) is 25.8.